The van der Waals surface area contributed by atoms with E-state index in [1.165, 1.54) is 26.0 Å². The molecule has 98 heavy (non-hydrogen) atoms. The summed E-state index contributed by atoms with van der Waals surface area (Å²) in [5.74, 6) is -6.75. The lowest BCUT2D eigenvalue weighted by molar-refractivity contribution is -0.134. The number of benzene rings is 2. The number of hydrogen-bond donors (Lipinski definition) is 18. The molecule has 0 saturated carbocycles. The molecule has 8 atom stereocenters. The third-order valence-corrected chi connectivity index (χ3v) is 15.7. The number of nitrogens with two attached hydrogens (primary N) is 5. The summed E-state index contributed by atoms with van der Waals surface area (Å²) in [6, 6.07) is 5.35. The summed E-state index contributed by atoms with van der Waals surface area (Å²) in [5, 5.41) is 40.3. The Morgan fingerprint density at radius 2 is 0.990 bits per heavy atom. The van der Waals surface area contributed by atoms with Gasteiger partial charge in [0.25, 0.3) is 0 Å². The van der Waals surface area contributed by atoms with E-state index in [1.807, 2.05) is 52.0 Å². The minimum atomic E-state index is -1.18. The fourth-order valence-electron chi connectivity index (χ4n) is 10.3. The number of hydrogen-bond acceptors (Lipinski definition) is 16. The van der Waals surface area contributed by atoms with Gasteiger partial charge in [-0.1, -0.05) is 58.0 Å². The van der Waals surface area contributed by atoms with Crippen LogP contribution >= 0.6 is 0 Å². The number of nitrogens with one attached hydrogen (secondary N) is 12. The van der Waals surface area contributed by atoms with Gasteiger partial charge in [0.05, 0.1) is 12.6 Å². The zero-order chi connectivity index (χ0) is 72.7. The summed E-state index contributed by atoms with van der Waals surface area (Å²) in [5.41, 5.74) is 30.9. The first-order chi connectivity index (χ1) is 46.6. The summed E-state index contributed by atoms with van der Waals surface area (Å²) in [7, 11) is 0. The van der Waals surface area contributed by atoms with Gasteiger partial charge < -0.3 is 97.2 Å². The predicted molar refractivity (Wildman–Crippen MR) is 371 cm³/mol. The van der Waals surface area contributed by atoms with Gasteiger partial charge in [0.2, 0.25) is 70.9 Å². The van der Waals surface area contributed by atoms with Crippen LogP contribution in [0.15, 0.2) is 59.7 Å². The molecule has 0 unspecified atom stereocenters. The van der Waals surface area contributed by atoms with Gasteiger partial charge in [-0.25, -0.2) is 0 Å². The fourth-order valence-corrected chi connectivity index (χ4v) is 10.3. The molecule has 12 amide bonds. The molecular weight excluding hydrogens is 1260 g/mol. The summed E-state index contributed by atoms with van der Waals surface area (Å²) >= 11 is 0. The number of phenols is 1. The van der Waals surface area contributed by atoms with Gasteiger partial charge in [-0.05, 0) is 151 Å². The lowest BCUT2D eigenvalue weighted by Gasteiger charge is -2.24. The van der Waals surface area contributed by atoms with Crippen LogP contribution in [0.25, 0.3) is 10.9 Å². The normalized spacial score (nSPS) is 13.6. The maximum atomic E-state index is 14.0. The van der Waals surface area contributed by atoms with Crippen molar-refractivity contribution >= 4 is 87.7 Å². The second-order valence-electron chi connectivity index (χ2n) is 25.4. The highest BCUT2D eigenvalue weighted by molar-refractivity contribution is 5.97. The van der Waals surface area contributed by atoms with Gasteiger partial charge in [0, 0.05) is 69.0 Å². The molecule has 31 heteroatoms. The number of carbonyl (C=O) groups is 12. The monoisotopic (exact) mass is 1370 g/mol. The Labute approximate surface area is 573 Å². The van der Waals surface area contributed by atoms with E-state index < -0.39 is 114 Å². The molecule has 1 heterocycles. The largest absolute Gasteiger partial charge is 0.508 e. The summed E-state index contributed by atoms with van der Waals surface area (Å²) in [6.07, 6.45) is 7.58. The number of primary amides is 1. The van der Waals surface area contributed by atoms with Crippen LogP contribution in [0.2, 0.25) is 0 Å². The van der Waals surface area contributed by atoms with Crippen LogP contribution in [0.1, 0.15) is 155 Å². The highest BCUT2D eigenvalue weighted by atomic mass is 16.3. The molecular formula is C67H108N18O13. The highest BCUT2D eigenvalue weighted by Gasteiger charge is 2.31. The van der Waals surface area contributed by atoms with Crippen molar-refractivity contribution in [3.8, 4) is 5.75 Å². The number of carbonyl (C=O) groups excluding carboxylic acids is 12. The smallest absolute Gasteiger partial charge is 0.243 e. The minimum Gasteiger partial charge on any atom is -0.508 e. The van der Waals surface area contributed by atoms with E-state index in [0.717, 1.165) is 16.5 Å². The maximum Gasteiger partial charge on any atom is 0.243 e. The molecule has 0 aliphatic carbocycles. The Bertz CT molecular complexity index is 3100. The number of fused-ring (bicyclic) bond motifs is 1. The lowest BCUT2D eigenvalue weighted by atomic mass is 10.0. The first-order valence-electron chi connectivity index (χ1n) is 33.9. The average molecular weight is 1370 g/mol. The molecule has 3 rings (SSSR count). The van der Waals surface area contributed by atoms with E-state index in [4.69, 9.17) is 28.7 Å². The van der Waals surface area contributed by atoms with Crippen LogP contribution in [-0.4, -0.2) is 175 Å². The van der Waals surface area contributed by atoms with Gasteiger partial charge in [-0.3, -0.25) is 62.5 Å². The zero-order valence-electron chi connectivity index (χ0n) is 57.6. The van der Waals surface area contributed by atoms with Crippen LogP contribution in [0, 0.1) is 11.8 Å². The van der Waals surface area contributed by atoms with Crippen LogP contribution in [-0.2, 0) is 70.4 Å². The number of rotatable bonds is 48. The van der Waals surface area contributed by atoms with Gasteiger partial charge >= 0.3 is 0 Å². The molecule has 23 N–H and O–H groups in total. The number of aliphatic imine (C=N–C) groups is 1. The van der Waals surface area contributed by atoms with Gasteiger partial charge in [0.15, 0.2) is 5.96 Å². The number of phenolic OH excluding ortho intramolecular Hbond substituents is 1. The summed E-state index contributed by atoms with van der Waals surface area (Å²) in [4.78, 5) is 164. The Morgan fingerprint density at radius 3 is 1.59 bits per heavy atom. The minimum absolute atomic E-state index is 0.0115. The van der Waals surface area contributed by atoms with Gasteiger partial charge in [0.1, 0.15) is 48.0 Å². The SMILES string of the molecule is CC(C)C[C@H](NC(=O)CNC(=O)[C@H](C)NC(=O)[C@H](C)NC(=O)[C@H](CCCN=C(N)N)NC(=O)CCCCNC(=O)CCCCNC(=O)CCCCNC(=O)[C@H](CCCCN)NC(=O)[C@H](Cc1ccc(O)cc1)NC(=O)[C@@H](N)Cc1c[nH]c2ccccc12)C(=O)N[C@H](CC(C)C)C(N)=O. The van der Waals surface area contributed by atoms with Crippen LogP contribution in [0.4, 0.5) is 0 Å². The number of aromatic nitrogens is 1. The topological polar surface area (TPSA) is 516 Å². The average Bonchev–Trinajstić information content (AvgIpc) is 1.68. The third-order valence-electron chi connectivity index (χ3n) is 15.7. The van der Waals surface area contributed by atoms with E-state index >= 15 is 0 Å². The highest BCUT2D eigenvalue weighted by Crippen LogP contribution is 2.20. The lowest BCUT2D eigenvalue weighted by Crippen LogP contribution is -2.56. The number of H-pyrrole nitrogens is 1. The molecule has 0 aliphatic rings. The van der Waals surface area contributed by atoms with Crippen molar-refractivity contribution in [2.45, 2.75) is 205 Å². The van der Waals surface area contributed by atoms with E-state index in [9.17, 15) is 62.6 Å². The van der Waals surface area contributed by atoms with Crippen molar-refractivity contribution in [2.24, 2.45) is 45.5 Å². The molecule has 0 aliphatic heterocycles. The Morgan fingerprint density at radius 1 is 0.480 bits per heavy atom. The number of nitrogens with zero attached hydrogens (tertiary/aromatic N) is 1. The van der Waals surface area contributed by atoms with Crippen molar-refractivity contribution in [1.82, 2.24) is 63.5 Å². The number of guanidine groups is 1. The zero-order valence-corrected chi connectivity index (χ0v) is 57.6. The predicted octanol–water partition coefficient (Wildman–Crippen LogP) is -0.845. The van der Waals surface area contributed by atoms with Gasteiger partial charge in [-0.2, -0.15) is 0 Å². The molecule has 0 bridgehead atoms. The molecule has 31 nitrogen and oxygen atoms in total. The van der Waals surface area contributed by atoms with Crippen LogP contribution in [0.3, 0.4) is 0 Å². The molecule has 544 valence electrons. The van der Waals surface area contributed by atoms with Crippen LogP contribution < -0.4 is 87.2 Å². The van der Waals surface area contributed by atoms with E-state index in [1.54, 1.807) is 18.3 Å². The fraction of sp³-hybridized carbons (Fsp3) is 0.597. The van der Waals surface area contributed by atoms with Crippen molar-refractivity contribution in [3.63, 3.8) is 0 Å². The number of aromatic hydroxyl groups is 1. The van der Waals surface area contributed by atoms with Crippen molar-refractivity contribution in [2.75, 3.05) is 39.3 Å². The molecule has 0 fully saturated rings. The number of aromatic amines is 1. The third kappa shape index (κ3) is 33.5. The van der Waals surface area contributed by atoms with Crippen molar-refractivity contribution in [1.29, 1.82) is 0 Å². The second kappa shape index (κ2) is 45.2. The number of amides is 12. The standard InChI is InChI=1S/C67H108N18O13/c1-40(2)34-52(59(70)91)84-65(97)53(35-41(3)4)82-58(90)39-78-60(92)42(5)79-61(93)43(6)80-64(96)51(21-17-33-76-67(71)72)81-57(89)24-12-15-31-74-55(87)22-10-14-30-73-56(88)23-11-16-32-75-63(95)50(20-9-13-29-68)83-66(98)54(36-44-25-27-46(86)28-26-44)85-62(94)48(69)37-45-38-77-49-19-8-7-18-47(45)49/h7-8,18-19,25-28,38,40-43,48,50-54,77,86H,9-17,20-24,29-37,39,68-69H2,1-6H3,(H2,70,91)(H,73,88)(H,74,87)(H,75,95)(H,78,92)(H,79,93)(H,80,96)(H,81,89)(H,82,90)(H,83,98)(H,84,97)(H,85,94)(H4,71,72,76)/t42-,43-,48-,50-,51-,52+,53-,54-/m0/s1. The molecule has 0 spiro atoms. The molecule has 3 aromatic rings. The van der Waals surface area contributed by atoms with E-state index in [2.05, 4.69) is 68.5 Å². The number of unbranched alkanes of at least 4 members (excludes halogenated alkanes) is 4. The molecule has 0 radical (unpaired) electrons. The summed E-state index contributed by atoms with van der Waals surface area (Å²) in [6.45, 7) is 11.0. The molecule has 2 aromatic carbocycles. The maximum absolute atomic E-state index is 14.0. The Kier molecular flexibility index (Phi) is 38.2. The first-order valence-corrected chi connectivity index (χ1v) is 33.9. The second-order valence-corrected chi connectivity index (χ2v) is 25.4. The Balaban J connectivity index is 1.36. The Hall–Kier alpha value is -9.39. The van der Waals surface area contributed by atoms with Crippen molar-refractivity contribution in [3.05, 3.63) is 65.9 Å². The van der Waals surface area contributed by atoms with E-state index in [-0.39, 0.29) is 113 Å². The summed E-state index contributed by atoms with van der Waals surface area (Å²) < 4.78 is 0. The van der Waals surface area contributed by atoms with Crippen LogP contribution in [0.5, 0.6) is 5.75 Å². The van der Waals surface area contributed by atoms with Gasteiger partial charge in [-0.15, -0.1) is 0 Å². The first kappa shape index (κ1) is 82.8. The van der Waals surface area contributed by atoms with Crippen molar-refractivity contribution < 1.29 is 62.6 Å². The quantitative estimate of drug-likeness (QED) is 0.0186. The number of para-hydroxylation sites is 1. The molecule has 0 saturated heterocycles. The molecule has 1 aromatic heterocycles. The van der Waals surface area contributed by atoms with E-state index in [0.29, 0.717) is 76.4 Å².